The summed E-state index contributed by atoms with van der Waals surface area (Å²) in [6, 6.07) is 0.672. The van der Waals surface area contributed by atoms with Crippen molar-refractivity contribution in [2.75, 3.05) is 13.1 Å². The molecule has 2 heterocycles. The van der Waals surface area contributed by atoms with E-state index in [0.717, 1.165) is 25.3 Å². The molecular formula is C14H28N2O. The molecule has 0 amide bonds. The van der Waals surface area contributed by atoms with Gasteiger partial charge in [0.05, 0.1) is 12.2 Å². The molecule has 2 rings (SSSR count). The van der Waals surface area contributed by atoms with Crippen LogP contribution in [0.25, 0.3) is 0 Å². The quantitative estimate of drug-likeness (QED) is 0.802. The van der Waals surface area contributed by atoms with Gasteiger partial charge in [-0.05, 0) is 46.0 Å². The van der Waals surface area contributed by atoms with E-state index < -0.39 is 0 Å². The topological polar surface area (TPSA) is 38.5 Å². The second kappa shape index (κ2) is 4.87. The number of rotatable bonds is 2. The lowest BCUT2D eigenvalue weighted by molar-refractivity contribution is -0.105. The molecule has 0 bridgehead atoms. The molecule has 2 saturated heterocycles. The molecular weight excluding hydrogens is 212 g/mol. The molecule has 0 aromatic rings. The zero-order valence-corrected chi connectivity index (χ0v) is 11.8. The van der Waals surface area contributed by atoms with Crippen LogP contribution in [0.2, 0.25) is 0 Å². The lowest BCUT2D eigenvalue weighted by atomic mass is 9.82. The van der Waals surface area contributed by atoms with E-state index in [1.54, 1.807) is 0 Å². The van der Waals surface area contributed by atoms with Crippen molar-refractivity contribution in [2.45, 2.75) is 70.7 Å². The highest BCUT2D eigenvalue weighted by molar-refractivity contribution is 5.02. The van der Waals surface area contributed by atoms with Gasteiger partial charge >= 0.3 is 0 Å². The predicted octanol–water partition coefficient (Wildman–Crippen LogP) is 2.00. The summed E-state index contributed by atoms with van der Waals surface area (Å²) < 4.78 is 5.88. The lowest BCUT2D eigenvalue weighted by Crippen LogP contribution is -2.60. The molecule has 3 heteroatoms. The summed E-state index contributed by atoms with van der Waals surface area (Å²) in [7, 11) is 0. The number of ether oxygens (including phenoxy) is 1. The lowest BCUT2D eigenvalue weighted by Gasteiger charge is -2.50. The summed E-state index contributed by atoms with van der Waals surface area (Å²) in [5, 5.41) is 0. The van der Waals surface area contributed by atoms with Gasteiger partial charge in [0.25, 0.3) is 0 Å². The Balaban J connectivity index is 2.18. The molecule has 0 aliphatic carbocycles. The summed E-state index contributed by atoms with van der Waals surface area (Å²) >= 11 is 0. The van der Waals surface area contributed by atoms with Crippen molar-refractivity contribution in [3.8, 4) is 0 Å². The number of hydrogen-bond donors (Lipinski definition) is 1. The summed E-state index contributed by atoms with van der Waals surface area (Å²) in [6.07, 6.45) is 4.16. The molecule has 0 radical (unpaired) electrons. The van der Waals surface area contributed by atoms with Crippen LogP contribution < -0.4 is 5.73 Å². The fraction of sp³-hybridized carbons (Fsp3) is 1.00. The highest BCUT2D eigenvalue weighted by atomic mass is 16.5. The van der Waals surface area contributed by atoms with Crippen LogP contribution in [0.4, 0.5) is 0 Å². The molecule has 2 aliphatic heterocycles. The first-order valence-corrected chi connectivity index (χ1v) is 7.09. The van der Waals surface area contributed by atoms with Crippen LogP contribution in [0.15, 0.2) is 0 Å². The Morgan fingerprint density at radius 3 is 2.18 bits per heavy atom. The van der Waals surface area contributed by atoms with Gasteiger partial charge in [-0.15, -0.1) is 0 Å². The minimum Gasteiger partial charge on any atom is -0.375 e. The maximum atomic E-state index is 6.15. The van der Waals surface area contributed by atoms with Gasteiger partial charge in [0, 0.05) is 24.7 Å². The van der Waals surface area contributed by atoms with Gasteiger partial charge in [0.1, 0.15) is 0 Å². The van der Waals surface area contributed by atoms with Crippen LogP contribution in [-0.4, -0.2) is 41.8 Å². The van der Waals surface area contributed by atoms with Gasteiger partial charge in [-0.3, -0.25) is 4.90 Å². The first kappa shape index (κ1) is 13.3. The Kier molecular flexibility index (Phi) is 3.81. The van der Waals surface area contributed by atoms with E-state index in [2.05, 4.69) is 32.6 Å². The normalized spacial score (nSPS) is 48.5. The Bertz CT molecular complexity index is 259. The maximum absolute atomic E-state index is 6.15. The molecule has 0 saturated carbocycles. The SMILES string of the molecule is CC1CC(C)N(C2(CN)CC(C)OC(C)C2)C1. The van der Waals surface area contributed by atoms with Crippen molar-refractivity contribution in [1.29, 1.82) is 0 Å². The highest BCUT2D eigenvalue weighted by Gasteiger charge is 2.46. The number of hydrogen-bond acceptors (Lipinski definition) is 3. The number of likely N-dealkylation sites (tertiary alicyclic amines) is 1. The van der Waals surface area contributed by atoms with Gasteiger partial charge < -0.3 is 10.5 Å². The zero-order chi connectivity index (χ0) is 12.6. The van der Waals surface area contributed by atoms with Crippen molar-refractivity contribution < 1.29 is 4.74 Å². The average Bonchev–Trinajstić information content (AvgIpc) is 2.56. The molecule has 2 aliphatic rings. The van der Waals surface area contributed by atoms with E-state index in [9.17, 15) is 0 Å². The fourth-order valence-corrected chi connectivity index (χ4v) is 4.13. The number of nitrogens with two attached hydrogens (primary N) is 1. The van der Waals surface area contributed by atoms with E-state index in [1.807, 2.05) is 0 Å². The molecule has 2 N–H and O–H groups in total. The van der Waals surface area contributed by atoms with E-state index in [-0.39, 0.29) is 5.54 Å². The third-order valence-electron chi connectivity index (χ3n) is 4.57. The summed E-state index contributed by atoms with van der Waals surface area (Å²) in [6.45, 7) is 11.0. The molecule has 2 fully saturated rings. The Labute approximate surface area is 106 Å². The van der Waals surface area contributed by atoms with Crippen LogP contribution in [0.3, 0.4) is 0 Å². The van der Waals surface area contributed by atoms with Gasteiger partial charge in [0.15, 0.2) is 0 Å². The van der Waals surface area contributed by atoms with E-state index in [4.69, 9.17) is 10.5 Å². The van der Waals surface area contributed by atoms with E-state index in [0.29, 0.717) is 18.2 Å². The zero-order valence-electron chi connectivity index (χ0n) is 11.8. The van der Waals surface area contributed by atoms with Crippen molar-refractivity contribution in [3.63, 3.8) is 0 Å². The Morgan fingerprint density at radius 2 is 1.76 bits per heavy atom. The van der Waals surface area contributed by atoms with Gasteiger partial charge in [0.2, 0.25) is 0 Å². The fourth-order valence-electron chi connectivity index (χ4n) is 4.13. The molecule has 0 spiro atoms. The van der Waals surface area contributed by atoms with Crippen LogP contribution in [0.1, 0.15) is 47.0 Å². The molecule has 4 unspecified atom stereocenters. The van der Waals surface area contributed by atoms with Crippen molar-refractivity contribution in [3.05, 3.63) is 0 Å². The molecule has 100 valence electrons. The minimum atomic E-state index is 0.182. The van der Waals surface area contributed by atoms with Crippen LogP contribution in [-0.2, 0) is 4.74 Å². The van der Waals surface area contributed by atoms with Gasteiger partial charge in [-0.1, -0.05) is 6.92 Å². The van der Waals surface area contributed by atoms with E-state index in [1.165, 1.54) is 13.0 Å². The van der Waals surface area contributed by atoms with Crippen molar-refractivity contribution >= 4 is 0 Å². The summed E-state index contributed by atoms with van der Waals surface area (Å²) in [5.41, 5.74) is 6.33. The third-order valence-corrected chi connectivity index (χ3v) is 4.57. The largest absolute Gasteiger partial charge is 0.375 e. The van der Waals surface area contributed by atoms with Crippen LogP contribution in [0, 0.1) is 5.92 Å². The predicted molar refractivity (Wildman–Crippen MR) is 71.0 cm³/mol. The Hall–Kier alpha value is -0.120. The molecule has 0 aromatic heterocycles. The van der Waals surface area contributed by atoms with E-state index >= 15 is 0 Å². The standard InChI is InChI=1S/C14H28N2O/c1-10-5-11(2)16(8-10)14(9-15)6-12(3)17-13(4)7-14/h10-13H,5-9,15H2,1-4H3. The molecule has 0 aromatic carbocycles. The first-order valence-electron chi connectivity index (χ1n) is 7.09. The van der Waals surface area contributed by atoms with Crippen molar-refractivity contribution in [1.82, 2.24) is 4.90 Å². The minimum absolute atomic E-state index is 0.182. The highest BCUT2D eigenvalue weighted by Crippen LogP contribution is 2.39. The van der Waals surface area contributed by atoms with Gasteiger partial charge in [-0.25, -0.2) is 0 Å². The van der Waals surface area contributed by atoms with Crippen LogP contribution >= 0.6 is 0 Å². The molecule has 3 nitrogen and oxygen atoms in total. The second-order valence-electron chi connectivity index (χ2n) is 6.44. The average molecular weight is 240 g/mol. The van der Waals surface area contributed by atoms with Gasteiger partial charge in [-0.2, -0.15) is 0 Å². The molecule has 4 atom stereocenters. The smallest absolute Gasteiger partial charge is 0.0568 e. The third kappa shape index (κ3) is 2.51. The first-order chi connectivity index (χ1) is 7.97. The second-order valence-corrected chi connectivity index (χ2v) is 6.44. The van der Waals surface area contributed by atoms with Crippen LogP contribution in [0.5, 0.6) is 0 Å². The monoisotopic (exact) mass is 240 g/mol. The maximum Gasteiger partial charge on any atom is 0.0568 e. The Morgan fingerprint density at radius 1 is 1.18 bits per heavy atom. The van der Waals surface area contributed by atoms with Crippen molar-refractivity contribution in [2.24, 2.45) is 11.7 Å². The molecule has 17 heavy (non-hydrogen) atoms. The summed E-state index contributed by atoms with van der Waals surface area (Å²) in [4.78, 5) is 2.67. The summed E-state index contributed by atoms with van der Waals surface area (Å²) in [5.74, 6) is 0.807. The number of nitrogens with zero attached hydrogens (tertiary/aromatic N) is 1.